The molecule has 0 unspecified atom stereocenters. The highest BCUT2D eigenvalue weighted by Gasteiger charge is 2.14. The van der Waals surface area contributed by atoms with Crippen LogP contribution in [-0.2, 0) is 14.3 Å². The van der Waals surface area contributed by atoms with E-state index in [9.17, 15) is 14.9 Å². The average Bonchev–Trinajstić information content (AvgIpc) is 2.78. The number of aryl methyl sites for hydroxylation is 1. The number of ether oxygens (including phenoxy) is 4. The van der Waals surface area contributed by atoms with Gasteiger partial charge in [0.1, 0.15) is 17.4 Å². The molecule has 7 nitrogen and oxygen atoms in total. The summed E-state index contributed by atoms with van der Waals surface area (Å²) in [5.74, 6) is 0.253. The van der Waals surface area contributed by atoms with E-state index < -0.39 is 11.9 Å². The number of carbonyl (C=O) groups is 2. The lowest BCUT2D eigenvalue weighted by molar-refractivity contribution is -0.138. The minimum atomic E-state index is -0.698. The topological polar surface area (TPSA) is 94.9 Å². The number of carbonyl (C=O) groups excluding carboxylic acids is 2. The molecule has 32 heavy (non-hydrogen) atoms. The molecule has 2 aromatic rings. The lowest BCUT2D eigenvalue weighted by Crippen LogP contribution is -2.11. The standard InChI is InChI=1S/C25H27NO6/c1-4-29-23-16-19(15-20(17-26)25(28)30-5-2)10-13-22(23)32-24(27)7-6-14-31-21-11-8-18(3)9-12-21/h8-13,15-16H,4-7,14H2,1-3H3/b20-15+. The summed E-state index contributed by atoms with van der Waals surface area (Å²) in [7, 11) is 0. The lowest BCUT2D eigenvalue weighted by Gasteiger charge is -2.12. The zero-order valence-corrected chi connectivity index (χ0v) is 18.6. The van der Waals surface area contributed by atoms with Gasteiger partial charge in [0.05, 0.1) is 19.8 Å². The first-order chi connectivity index (χ1) is 15.5. The molecule has 0 saturated carbocycles. The molecule has 0 aliphatic rings. The van der Waals surface area contributed by atoms with Crippen LogP contribution in [0.1, 0.15) is 37.8 Å². The molecule has 0 aliphatic carbocycles. The van der Waals surface area contributed by atoms with Gasteiger partial charge in [-0.3, -0.25) is 4.79 Å². The molecule has 2 aromatic carbocycles. The zero-order chi connectivity index (χ0) is 23.3. The number of hydrogen-bond acceptors (Lipinski definition) is 7. The maximum atomic E-state index is 12.2. The Bertz CT molecular complexity index is 988. The van der Waals surface area contributed by atoms with Gasteiger partial charge in [0, 0.05) is 6.42 Å². The highest BCUT2D eigenvalue weighted by molar-refractivity contribution is 5.98. The molecule has 0 amide bonds. The predicted octanol–water partition coefficient (Wildman–Crippen LogP) is 4.63. The summed E-state index contributed by atoms with van der Waals surface area (Å²) in [6, 6.07) is 14.3. The monoisotopic (exact) mass is 437 g/mol. The fraction of sp³-hybridized carbons (Fsp3) is 0.320. The van der Waals surface area contributed by atoms with Gasteiger partial charge in [0.15, 0.2) is 11.5 Å². The molecule has 0 bridgehead atoms. The van der Waals surface area contributed by atoms with Gasteiger partial charge >= 0.3 is 11.9 Å². The van der Waals surface area contributed by atoms with Crippen molar-refractivity contribution < 1.29 is 28.5 Å². The van der Waals surface area contributed by atoms with Crippen molar-refractivity contribution in [2.45, 2.75) is 33.6 Å². The second kappa shape index (κ2) is 12.8. The van der Waals surface area contributed by atoms with Crippen molar-refractivity contribution in [2.24, 2.45) is 0 Å². The van der Waals surface area contributed by atoms with Crippen LogP contribution in [0, 0.1) is 18.3 Å². The van der Waals surface area contributed by atoms with Crippen LogP contribution in [0.25, 0.3) is 6.08 Å². The van der Waals surface area contributed by atoms with Crippen molar-refractivity contribution in [2.75, 3.05) is 19.8 Å². The molecule has 0 aliphatic heterocycles. The molecule has 0 spiro atoms. The van der Waals surface area contributed by atoms with Crippen LogP contribution in [0.15, 0.2) is 48.0 Å². The van der Waals surface area contributed by atoms with Gasteiger partial charge in [0.2, 0.25) is 0 Å². The third-order valence-corrected chi connectivity index (χ3v) is 4.23. The van der Waals surface area contributed by atoms with Crippen LogP contribution >= 0.6 is 0 Å². The Balaban J connectivity index is 1.97. The third-order valence-electron chi connectivity index (χ3n) is 4.23. The largest absolute Gasteiger partial charge is 0.494 e. The van der Waals surface area contributed by atoms with Gasteiger partial charge in [-0.1, -0.05) is 23.8 Å². The molecule has 0 radical (unpaired) electrons. The van der Waals surface area contributed by atoms with Crippen LogP contribution in [0.2, 0.25) is 0 Å². The van der Waals surface area contributed by atoms with E-state index in [2.05, 4.69) is 0 Å². The molecule has 0 fully saturated rings. The molecular formula is C25H27NO6. The van der Waals surface area contributed by atoms with Gasteiger partial charge < -0.3 is 18.9 Å². The first kappa shape index (κ1) is 24.5. The van der Waals surface area contributed by atoms with E-state index in [4.69, 9.17) is 18.9 Å². The van der Waals surface area contributed by atoms with Crippen LogP contribution < -0.4 is 14.2 Å². The second-order valence-electron chi connectivity index (χ2n) is 6.77. The van der Waals surface area contributed by atoms with E-state index in [1.807, 2.05) is 37.3 Å². The number of hydrogen-bond donors (Lipinski definition) is 0. The number of nitriles is 1. The van der Waals surface area contributed by atoms with E-state index in [-0.39, 0.29) is 24.4 Å². The summed E-state index contributed by atoms with van der Waals surface area (Å²) in [4.78, 5) is 24.1. The van der Waals surface area contributed by atoms with Crippen LogP contribution in [0.4, 0.5) is 0 Å². The van der Waals surface area contributed by atoms with Gasteiger partial charge in [0.25, 0.3) is 0 Å². The number of benzene rings is 2. The molecule has 2 rings (SSSR count). The quantitative estimate of drug-likeness (QED) is 0.166. The van der Waals surface area contributed by atoms with Crippen molar-refractivity contribution in [1.29, 1.82) is 5.26 Å². The van der Waals surface area contributed by atoms with Crippen LogP contribution in [0.3, 0.4) is 0 Å². The minimum Gasteiger partial charge on any atom is -0.494 e. The lowest BCUT2D eigenvalue weighted by atomic mass is 10.1. The smallest absolute Gasteiger partial charge is 0.348 e. The van der Waals surface area contributed by atoms with E-state index in [1.54, 1.807) is 32.0 Å². The van der Waals surface area contributed by atoms with Gasteiger partial charge in [-0.15, -0.1) is 0 Å². The fourth-order valence-electron chi connectivity index (χ4n) is 2.69. The highest BCUT2D eigenvalue weighted by Crippen LogP contribution is 2.30. The van der Waals surface area contributed by atoms with Crippen molar-refractivity contribution in [3.63, 3.8) is 0 Å². The molecule has 0 N–H and O–H groups in total. The molecular weight excluding hydrogens is 410 g/mol. The van der Waals surface area contributed by atoms with Gasteiger partial charge in [-0.2, -0.15) is 5.26 Å². The van der Waals surface area contributed by atoms with Crippen molar-refractivity contribution in [1.82, 2.24) is 0 Å². The summed E-state index contributed by atoms with van der Waals surface area (Å²) in [6.45, 7) is 6.39. The summed E-state index contributed by atoms with van der Waals surface area (Å²) >= 11 is 0. The minimum absolute atomic E-state index is 0.132. The van der Waals surface area contributed by atoms with Crippen molar-refractivity contribution >= 4 is 18.0 Å². The molecule has 0 aromatic heterocycles. The molecule has 0 saturated heterocycles. The van der Waals surface area contributed by atoms with Gasteiger partial charge in [-0.25, -0.2) is 4.79 Å². The highest BCUT2D eigenvalue weighted by atomic mass is 16.6. The van der Waals surface area contributed by atoms with E-state index in [0.29, 0.717) is 30.9 Å². The number of esters is 2. The Morgan fingerprint density at radius 1 is 1.00 bits per heavy atom. The Labute approximate surface area is 188 Å². The van der Waals surface area contributed by atoms with E-state index in [0.717, 1.165) is 11.3 Å². The predicted molar refractivity (Wildman–Crippen MR) is 119 cm³/mol. The number of nitrogens with zero attached hydrogens (tertiary/aromatic N) is 1. The van der Waals surface area contributed by atoms with Crippen LogP contribution in [-0.4, -0.2) is 31.8 Å². The average molecular weight is 437 g/mol. The Kier molecular flexibility index (Phi) is 9.79. The maximum absolute atomic E-state index is 12.2. The molecule has 0 heterocycles. The summed E-state index contributed by atoms with van der Waals surface area (Å²) in [5.41, 5.74) is 1.56. The SMILES string of the molecule is CCOC(=O)/C(C#N)=C/c1ccc(OC(=O)CCCOc2ccc(C)cc2)c(OCC)c1. The fourth-order valence-corrected chi connectivity index (χ4v) is 2.69. The van der Waals surface area contributed by atoms with Gasteiger partial charge in [-0.05, 0) is 63.1 Å². The third kappa shape index (κ3) is 7.80. The first-order valence-electron chi connectivity index (χ1n) is 10.4. The van der Waals surface area contributed by atoms with E-state index in [1.165, 1.54) is 6.08 Å². The zero-order valence-electron chi connectivity index (χ0n) is 18.6. The van der Waals surface area contributed by atoms with E-state index >= 15 is 0 Å². The Hall–Kier alpha value is -3.79. The summed E-state index contributed by atoms with van der Waals surface area (Å²) in [5, 5.41) is 9.19. The molecule has 7 heteroatoms. The molecule has 0 atom stereocenters. The maximum Gasteiger partial charge on any atom is 0.348 e. The Morgan fingerprint density at radius 2 is 1.75 bits per heavy atom. The summed E-state index contributed by atoms with van der Waals surface area (Å²) < 4.78 is 21.5. The van der Waals surface area contributed by atoms with Crippen molar-refractivity contribution in [3.8, 4) is 23.3 Å². The number of rotatable bonds is 11. The first-order valence-corrected chi connectivity index (χ1v) is 10.4. The molecule has 168 valence electrons. The van der Waals surface area contributed by atoms with Crippen LogP contribution in [0.5, 0.6) is 17.2 Å². The Morgan fingerprint density at radius 3 is 2.41 bits per heavy atom. The second-order valence-corrected chi connectivity index (χ2v) is 6.77. The van der Waals surface area contributed by atoms with Crippen molar-refractivity contribution in [3.05, 3.63) is 59.2 Å². The summed E-state index contributed by atoms with van der Waals surface area (Å²) in [6.07, 6.45) is 2.08. The normalized spacial score (nSPS) is 10.8.